The van der Waals surface area contributed by atoms with E-state index in [2.05, 4.69) is 21.2 Å². The molecule has 0 spiro atoms. The molecule has 0 aliphatic carbocycles. The summed E-state index contributed by atoms with van der Waals surface area (Å²) in [6, 6.07) is 4.53. The number of carbonyl (C=O) groups excluding carboxylic acids is 2. The number of benzene rings is 1. The van der Waals surface area contributed by atoms with Crippen LogP contribution in [0.5, 0.6) is 5.75 Å². The monoisotopic (exact) mass is 399 g/mol. The summed E-state index contributed by atoms with van der Waals surface area (Å²) in [6.45, 7) is 3.83. The Morgan fingerprint density at radius 2 is 2.08 bits per heavy atom. The maximum atomic E-state index is 12.5. The zero-order chi connectivity index (χ0) is 17.9. The molecule has 1 aromatic carbocycles. The molecule has 1 fully saturated rings. The third kappa shape index (κ3) is 3.42. The fourth-order valence-corrected chi connectivity index (χ4v) is 3.56. The van der Waals surface area contributed by atoms with E-state index < -0.39 is 17.5 Å². The van der Waals surface area contributed by atoms with Crippen LogP contribution in [-0.2, 0) is 19.1 Å². The summed E-state index contributed by atoms with van der Waals surface area (Å²) < 4.78 is 16.4. The predicted molar refractivity (Wildman–Crippen MR) is 91.7 cm³/mol. The van der Waals surface area contributed by atoms with E-state index in [9.17, 15) is 9.59 Å². The second-order valence-electron chi connectivity index (χ2n) is 5.90. The van der Waals surface area contributed by atoms with Crippen LogP contribution in [0.2, 0.25) is 0 Å². The van der Waals surface area contributed by atoms with Gasteiger partial charge in [-0.05, 0) is 38.5 Å². The lowest BCUT2D eigenvalue weighted by atomic mass is 9.78. The summed E-state index contributed by atoms with van der Waals surface area (Å²) in [4.78, 5) is 24.6. The van der Waals surface area contributed by atoms with Crippen molar-refractivity contribution in [2.45, 2.75) is 32.4 Å². The highest BCUT2D eigenvalue weighted by atomic mass is 79.9. The van der Waals surface area contributed by atoms with E-state index in [-0.39, 0.29) is 18.5 Å². The van der Waals surface area contributed by atoms with Crippen molar-refractivity contribution in [3.63, 3.8) is 0 Å². The van der Waals surface area contributed by atoms with Crippen molar-refractivity contribution in [2.24, 2.45) is 5.41 Å². The number of nitrogens with one attached hydrogen (secondary N) is 1. The maximum Gasteiger partial charge on any atom is 0.323 e. The average molecular weight is 400 g/mol. The number of halogens is 1. The molecule has 1 N–H and O–H groups in total. The number of carbonyl (C=O) groups is 2. The largest absolute Gasteiger partial charge is 0.496 e. The first-order chi connectivity index (χ1) is 11.4. The first kappa shape index (κ1) is 18.7. The van der Waals surface area contributed by atoms with Crippen LogP contribution in [-0.4, -0.2) is 38.8 Å². The highest BCUT2D eigenvalue weighted by Gasteiger charge is 2.53. The van der Waals surface area contributed by atoms with Gasteiger partial charge in [0.25, 0.3) is 0 Å². The Balaban J connectivity index is 2.46. The van der Waals surface area contributed by atoms with E-state index in [4.69, 9.17) is 14.2 Å². The molecule has 0 radical (unpaired) electrons. The molecule has 0 bridgehead atoms. The van der Waals surface area contributed by atoms with E-state index in [0.29, 0.717) is 12.2 Å². The minimum Gasteiger partial charge on any atom is -0.496 e. The number of ether oxygens (including phenoxy) is 3. The van der Waals surface area contributed by atoms with Crippen molar-refractivity contribution in [2.75, 3.05) is 20.8 Å². The maximum absolute atomic E-state index is 12.5. The van der Waals surface area contributed by atoms with Crippen LogP contribution in [0.25, 0.3) is 0 Å². The number of hydrogen-bond acceptors (Lipinski definition) is 6. The molecule has 7 heteroatoms. The summed E-state index contributed by atoms with van der Waals surface area (Å²) in [5, 5.41) is 3.22. The summed E-state index contributed by atoms with van der Waals surface area (Å²) in [7, 11) is 2.92. The van der Waals surface area contributed by atoms with Crippen molar-refractivity contribution >= 4 is 27.9 Å². The van der Waals surface area contributed by atoms with E-state index in [1.54, 1.807) is 21.0 Å². The van der Waals surface area contributed by atoms with Gasteiger partial charge >= 0.3 is 11.9 Å². The topological polar surface area (TPSA) is 73.9 Å². The summed E-state index contributed by atoms with van der Waals surface area (Å²) in [5.74, 6) is -0.117. The molecular formula is C17H22BrNO5. The molecule has 132 valence electrons. The van der Waals surface area contributed by atoms with Gasteiger partial charge in [0.1, 0.15) is 11.8 Å². The first-order valence-electron chi connectivity index (χ1n) is 7.72. The van der Waals surface area contributed by atoms with Gasteiger partial charge in [0.2, 0.25) is 0 Å². The standard InChI is InChI=1S/C17H22BrNO5/c1-5-24-15(20)12-9-17(2,16(21)23-4)14(19-12)11-8-10(18)6-7-13(11)22-3/h6-8,12,14,19H,5,9H2,1-4H3/t12-,14?,17-/m0/s1. The van der Waals surface area contributed by atoms with Crippen molar-refractivity contribution < 1.29 is 23.8 Å². The Labute approximate surface area is 150 Å². The molecule has 0 amide bonds. The van der Waals surface area contributed by atoms with Crippen molar-refractivity contribution in [3.05, 3.63) is 28.2 Å². The molecule has 1 saturated heterocycles. The molecule has 1 aliphatic heterocycles. The Kier molecular flexibility index (Phi) is 5.87. The van der Waals surface area contributed by atoms with Crippen molar-refractivity contribution in [3.8, 4) is 5.75 Å². The molecule has 1 aromatic rings. The zero-order valence-electron chi connectivity index (χ0n) is 14.2. The van der Waals surface area contributed by atoms with E-state index >= 15 is 0 Å². The molecule has 24 heavy (non-hydrogen) atoms. The van der Waals surface area contributed by atoms with Crippen LogP contribution in [0.1, 0.15) is 31.9 Å². The Morgan fingerprint density at radius 1 is 1.38 bits per heavy atom. The molecule has 0 saturated carbocycles. The van der Waals surface area contributed by atoms with Crippen LogP contribution in [0.15, 0.2) is 22.7 Å². The lowest BCUT2D eigenvalue weighted by Crippen LogP contribution is -2.36. The molecule has 1 aliphatic rings. The summed E-state index contributed by atoms with van der Waals surface area (Å²) >= 11 is 3.44. The van der Waals surface area contributed by atoms with Gasteiger partial charge in [0.05, 0.1) is 32.3 Å². The van der Waals surface area contributed by atoms with E-state index in [1.807, 2.05) is 18.2 Å². The smallest absolute Gasteiger partial charge is 0.323 e. The van der Waals surface area contributed by atoms with Crippen LogP contribution in [0.4, 0.5) is 0 Å². The number of esters is 2. The Bertz CT molecular complexity index is 635. The zero-order valence-corrected chi connectivity index (χ0v) is 15.8. The quantitative estimate of drug-likeness (QED) is 0.767. The van der Waals surface area contributed by atoms with Gasteiger partial charge in [0.15, 0.2) is 0 Å². The first-order valence-corrected chi connectivity index (χ1v) is 8.51. The van der Waals surface area contributed by atoms with E-state index in [0.717, 1.165) is 10.0 Å². The second-order valence-corrected chi connectivity index (χ2v) is 6.82. The fraction of sp³-hybridized carbons (Fsp3) is 0.529. The average Bonchev–Trinajstić information content (AvgIpc) is 2.93. The van der Waals surface area contributed by atoms with Crippen LogP contribution >= 0.6 is 15.9 Å². The highest BCUT2D eigenvalue weighted by Crippen LogP contribution is 2.47. The molecule has 6 nitrogen and oxygen atoms in total. The number of methoxy groups -OCH3 is 2. The van der Waals surface area contributed by atoms with Gasteiger partial charge in [-0.15, -0.1) is 0 Å². The van der Waals surface area contributed by atoms with Crippen molar-refractivity contribution in [1.29, 1.82) is 0 Å². The van der Waals surface area contributed by atoms with Gasteiger partial charge < -0.3 is 14.2 Å². The number of hydrogen-bond donors (Lipinski definition) is 1. The summed E-state index contributed by atoms with van der Waals surface area (Å²) in [6.07, 6.45) is 0.291. The molecular weight excluding hydrogens is 378 g/mol. The minimum absolute atomic E-state index is 0.289. The second kappa shape index (κ2) is 7.53. The Hall–Kier alpha value is -1.60. The van der Waals surface area contributed by atoms with Crippen LogP contribution in [0.3, 0.4) is 0 Å². The normalized spacial score (nSPS) is 26.0. The lowest BCUT2D eigenvalue weighted by molar-refractivity contribution is -0.152. The van der Waals surface area contributed by atoms with Gasteiger partial charge in [-0.3, -0.25) is 14.9 Å². The van der Waals surface area contributed by atoms with Gasteiger partial charge in [0, 0.05) is 10.0 Å². The lowest BCUT2D eigenvalue weighted by Gasteiger charge is -2.29. The van der Waals surface area contributed by atoms with Crippen LogP contribution < -0.4 is 10.1 Å². The van der Waals surface area contributed by atoms with Gasteiger partial charge in [-0.2, -0.15) is 0 Å². The molecule has 2 rings (SSSR count). The van der Waals surface area contributed by atoms with Gasteiger partial charge in [-0.1, -0.05) is 15.9 Å². The predicted octanol–water partition coefficient (Wildman–Crippen LogP) is 2.60. The molecule has 1 heterocycles. The summed E-state index contributed by atoms with van der Waals surface area (Å²) in [5.41, 5.74) is -0.133. The molecule has 0 aromatic heterocycles. The Morgan fingerprint density at radius 3 is 2.67 bits per heavy atom. The molecule has 3 atom stereocenters. The van der Waals surface area contributed by atoms with Crippen LogP contribution in [0, 0.1) is 5.41 Å². The third-order valence-electron chi connectivity index (χ3n) is 4.36. The van der Waals surface area contributed by atoms with Crippen molar-refractivity contribution in [1.82, 2.24) is 5.32 Å². The minimum atomic E-state index is -0.916. The van der Waals surface area contributed by atoms with E-state index in [1.165, 1.54) is 7.11 Å². The molecule has 1 unspecified atom stereocenters. The third-order valence-corrected chi connectivity index (χ3v) is 4.85. The SMILES string of the molecule is CCOC(=O)[C@@H]1C[C@](C)(C(=O)OC)C(c2cc(Br)ccc2OC)N1. The highest BCUT2D eigenvalue weighted by molar-refractivity contribution is 9.10. The fourth-order valence-electron chi connectivity index (χ4n) is 3.18. The van der Waals surface area contributed by atoms with Gasteiger partial charge in [-0.25, -0.2) is 0 Å². The number of rotatable bonds is 5.